The van der Waals surface area contributed by atoms with Crippen LogP contribution in [0.2, 0.25) is 0 Å². The molecule has 0 saturated heterocycles. The lowest BCUT2D eigenvalue weighted by atomic mass is 9.96. The summed E-state index contributed by atoms with van der Waals surface area (Å²) in [6.07, 6.45) is 2.59. The number of aryl methyl sites for hydroxylation is 1. The SMILES string of the molecule is O=C(O)Cn1cnc2c(c1=O)N[C@@H](c1ccc(F)cc1)CC2. The number of carboxylic acids is 1. The minimum absolute atomic E-state index is 0.122. The van der Waals surface area contributed by atoms with Crippen molar-refractivity contribution >= 4 is 11.7 Å². The Morgan fingerprint density at radius 2 is 2.14 bits per heavy atom. The van der Waals surface area contributed by atoms with E-state index in [2.05, 4.69) is 10.3 Å². The first-order chi connectivity index (χ1) is 10.5. The summed E-state index contributed by atoms with van der Waals surface area (Å²) in [4.78, 5) is 27.2. The number of nitrogens with one attached hydrogen (secondary N) is 1. The van der Waals surface area contributed by atoms with Gasteiger partial charge in [-0.25, -0.2) is 9.37 Å². The van der Waals surface area contributed by atoms with Gasteiger partial charge in [-0.15, -0.1) is 0 Å². The van der Waals surface area contributed by atoms with E-state index in [0.717, 1.165) is 16.6 Å². The molecule has 6 nitrogen and oxygen atoms in total. The number of benzene rings is 1. The van der Waals surface area contributed by atoms with Crippen molar-refractivity contribution in [1.29, 1.82) is 0 Å². The number of hydrogen-bond donors (Lipinski definition) is 2. The molecule has 0 aliphatic carbocycles. The third-order valence-electron chi connectivity index (χ3n) is 3.68. The second-order valence-corrected chi connectivity index (χ2v) is 5.18. The number of rotatable bonds is 3. The van der Waals surface area contributed by atoms with Crippen molar-refractivity contribution < 1.29 is 14.3 Å². The van der Waals surface area contributed by atoms with Gasteiger partial charge in [0, 0.05) is 0 Å². The molecule has 0 bridgehead atoms. The van der Waals surface area contributed by atoms with Gasteiger partial charge in [-0.05, 0) is 30.5 Å². The highest BCUT2D eigenvalue weighted by Gasteiger charge is 2.23. The van der Waals surface area contributed by atoms with Crippen LogP contribution in [0.25, 0.3) is 0 Å². The molecule has 7 heteroatoms. The standard InChI is InChI=1S/C15H14FN3O3/c16-10-3-1-9(2-4-10)11-5-6-12-14(18-11)15(22)19(8-17-12)7-13(20)21/h1-4,8,11,18H,5-7H2,(H,20,21)/t11-/m1/s1. The Bertz CT molecular complexity index is 771. The van der Waals surface area contributed by atoms with Gasteiger partial charge >= 0.3 is 5.97 Å². The van der Waals surface area contributed by atoms with E-state index in [1.165, 1.54) is 18.5 Å². The van der Waals surface area contributed by atoms with Gasteiger partial charge in [0.1, 0.15) is 18.0 Å². The predicted molar refractivity (Wildman–Crippen MR) is 77.2 cm³/mol. The third kappa shape index (κ3) is 2.69. The number of anilines is 1. The van der Waals surface area contributed by atoms with Crippen molar-refractivity contribution in [2.75, 3.05) is 5.32 Å². The maximum Gasteiger partial charge on any atom is 0.323 e. The molecule has 0 spiro atoms. The van der Waals surface area contributed by atoms with Crippen LogP contribution in [0.15, 0.2) is 35.4 Å². The van der Waals surface area contributed by atoms with Crippen molar-refractivity contribution in [1.82, 2.24) is 9.55 Å². The summed E-state index contributed by atoms with van der Waals surface area (Å²) in [7, 11) is 0. The number of hydrogen-bond acceptors (Lipinski definition) is 4. The fourth-order valence-corrected chi connectivity index (χ4v) is 2.59. The van der Waals surface area contributed by atoms with Crippen LogP contribution in [0.4, 0.5) is 10.1 Å². The molecule has 1 aromatic heterocycles. The number of aliphatic carboxylic acids is 1. The van der Waals surface area contributed by atoms with Crippen LogP contribution < -0.4 is 10.9 Å². The van der Waals surface area contributed by atoms with Crippen molar-refractivity contribution in [2.24, 2.45) is 0 Å². The number of nitrogens with zero attached hydrogens (tertiary/aromatic N) is 2. The maximum atomic E-state index is 13.0. The molecule has 1 atom stereocenters. The first-order valence-electron chi connectivity index (χ1n) is 6.86. The number of halogens is 1. The lowest BCUT2D eigenvalue weighted by Gasteiger charge is -2.26. The number of fused-ring (bicyclic) bond motifs is 1. The van der Waals surface area contributed by atoms with E-state index in [4.69, 9.17) is 5.11 Å². The predicted octanol–water partition coefficient (Wildman–Crippen LogP) is 1.57. The van der Waals surface area contributed by atoms with E-state index in [1.54, 1.807) is 12.1 Å². The van der Waals surface area contributed by atoms with Crippen molar-refractivity contribution in [3.8, 4) is 0 Å². The van der Waals surface area contributed by atoms with Gasteiger partial charge in [-0.3, -0.25) is 14.2 Å². The number of aromatic nitrogens is 2. The Balaban J connectivity index is 1.92. The Kier molecular flexibility index (Phi) is 3.62. The lowest BCUT2D eigenvalue weighted by Crippen LogP contribution is -2.32. The van der Waals surface area contributed by atoms with Gasteiger partial charge in [0.2, 0.25) is 0 Å². The highest BCUT2D eigenvalue weighted by molar-refractivity contribution is 5.66. The van der Waals surface area contributed by atoms with Gasteiger partial charge in [0.25, 0.3) is 5.56 Å². The molecule has 0 saturated carbocycles. The zero-order chi connectivity index (χ0) is 15.7. The average molecular weight is 303 g/mol. The molecular formula is C15H14FN3O3. The van der Waals surface area contributed by atoms with E-state index in [1.807, 2.05) is 0 Å². The van der Waals surface area contributed by atoms with Crippen molar-refractivity contribution in [2.45, 2.75) is 25.4 Å². The Labute approximate surface area is 125 Å². The normalized spacial score (nSPS) is 16.7. The minimum atomic E-state index is -1.10. The van der Waals surface area contributed by atoms with Gasteiger partial charge in [-0.1, -0.05) is 12.1 Å². The molecule has 0 unspecified atom stereocenters. The zero-order valence-electron chi connectivity index (χ0n) is 11.6. The highest BCUT2D eigenvalue weighted by atomic mass is 19.1. The first-order valence-corrected chi connectivity index (χ1v) is 6.86. The number of carbonyl (C=O) groups is 1. The van der Waals surface area contributed by atoms with Crippen LogP contribution in [0.1, 0.15) is 23.7 Å². The molecule has 1 aromatic carbocycles. The van der Waals surface area contributed by atoms with Crippen LogP contribution in [0.3, 0.4) is 0 Å². The fourth-order valence-electron chi connectivity index (χ4n) is 2.59. The topological polar surface area (TPSA) is 84.2 Å². The molecule has 1 aliphatic rings. The van der Waals surface area contributed by atoms with Gasteiger partial charge < -0.3 is 10.4 Å². The molecule has 0 fully saturated rings. The molecule has 0 radical (unpaired) electrons. The summed E-state index contributed by atoms with van der Waals surface area (Å²) < 4.78 is 14.0. The van der Waals surface area contributed by atoms with E-state index in [9.17, 15) is 14.0 Å². The second kappa shape index (κ2) is 5.59. The Hall–Kier alpha value is -2.70. The summed E-state index contributed by atoms with van der Waals surface area (Å²) in [6, 6.07) is 5.97. The second-order valence-electron chi connectivity index (χ2n) is 5.18. The Morgan fingerprint density at radius 1 is 1.41 bits per heavy atom. The Morgan fingerprint density at radius 3 is 2.82 bits per heavy atom. The van der Waals surface area contributed by atoms with Crippen molar-refractivity contribution in [3.63, 3.8) is 0 Å². The molecular weight excluding hydrogens is 289 g/mol. The van der Waals surface area contributed by atoms with E-state index in [0.29, 0.717) is 17.8 Å². The van der Waals surface area contributed by atoms with Crippen LogP contribution in [-0.4, -0.2) is 20.6 Å². The maximum absolute atomic E-state index is 13.0. The van der Waals surface area contributed by atoms with E-state index >= 15 is 0 Å². The summed E-state index contributed by atoms with van der Waals surface area (Å²) >= 11 is 0. The molecule has 1 aliphatic heterocycles. The van der Waals surface area contributed by atoms with E-state index in [-0.39, 0.29) is 11.9 Å². The summed E-state index contributed by atoms with van der Waals surface area (Å²) in [6.45, 7) is -0.429. The van der Waals surface area contributed by atoms with Gasteiger partial charge in [-0.2, -0.15) is 0 Å². The zero-order valence-corrected chi connectivity index (χ0v) is 11.6. The quantitative estimate of drug-likeness (QED) is 0.899. The third-order valence-corrected chi connectivity index (χ3v) is 3.68. The molecule has 114 valence electrons. The summed E-state index contributed by atoms with van der Waals surface area (Å²) in [5, 5.41) is 11.9. The average Bonchev–Trinajstić information content (AvgIpc) is 2.50. The number of carboxylic acid groups (broad SMARTS) is 1. The highest BCUT2D eigenvalue weighted by Crippen LogP contribution is 2.29. The molecule has 2 heterocycles. The summed E-state index contributed by atoms with van der Waals surface area (Å²) in [5.74, 6) is -1.42. The van der Waals surface area contributed by atoms with Gasteiger partial charge in [0.15, 0.2) is 0 Å². The van der Waals surface area contributed by atoms with Crippen LogP contribution >= 0.6 is 0 Å². The smallest absolute Gasteiger partial charge is 0.323 e. The lowest BCUT2D eigenvalue weighted by molar-refractivity contribution is -0.137. The van der Waals surface area contributed by atoms with Crippen LogP contribution in [0.5, 0.6) is 0 Å². The largest absolute Gasteiger partial charge is 0.480 e. The minimum Gasteiger partial charge on any atom is -0.480 e. The molecule has 0 amide bonds. The molecule has 22 heavy (non-hydrogen) atoms. The van der Waals surface area contributed by atoms with E-state index < -0.39 is 18.1 Å². The molecule has 2 N–H and O–H groups in total. The van der Waals surface area contributed by atoms with Crippen LogP contribution in [0, 0.1) is 5.82 Å². The molecule has 2 aromatic rings. The monoisotopic (exact) mass is 303 g/mol. The fraction of sp³-hybridized carbons (Fsp3) is 0.267. The molecule has 3 rings (SSSR count). The summed E-state index contributed by atoms with van der Waals surface area (Å²) in [5.41, 5.74) is 1.42. The first kappa shape index (κ1) is 14.2. The van der Waals surface area contributed by atoms with Crippen LogP contribution in [-0.2, 0) is 17.8 Å². The van der Waals surface area contributed by atoms with Crippen molar-refractivity contribution in [3.05, 3.63) is 58.0 Å². The van der Waals surface area contributed by atoms with Gasteiger partial charge in [0.05, 0.1) is 18.1 Å².